The Hall–Kier alpha value is -2.72. The van der Waals surface area contributed by atoms with Gasteiger partial charge in [-0.3, -0.25) is 9.79 Å². The normalized spacial score (nSPS) is 18.7. The number of carbonyl (C=O) groups is 1. The number of benzene rings is 1. The Morgan fingerprint density at radius 2 is 2.13 bits per heavy atom. The SMILES string of the molecule is COCCOc1cnc(C(=O)Cc2ccc(F)c([C@]3(C)CCSC(N)=N3)c2)c(N)n1. The number of nitrogens with zero attached hydrogens (tertiary/aromatic N) is 3. The van der Waals surface area contributed by atoms with E-state index in [0.29, 0.717) is 35.9 Å². The number of methoxy groups -OCH3 is 1. The highest BCUT2D eigenvalue weighted by atomic mass is 32.2. The Labute approximate surface area is 178 Å². The van der Waals surface area contributed by atoms with E-state index in [1.807, 2.05) is 6.92 Å². The number of rotatable bonds is 8. The molecule has 0 saturated carbocycles. The molecule has 1 aliphatic heterocycles. The van der Waals surface area contributed by atoms with E-state index in [9.17, 15) is 9.18 Å². The topological polar surface area (TPSA) is 126 Å². The van der Waals surface area contributed by atoms with Gasteiger partial charge in [-0.2, -0.15) is 4.98 Å². The lowest BCUT2D eigenvalue weighted by Crippen LogP contribution is -2.29. The number of carbonyl (C=O) groups excluding carboxylic acids is 1. The Bertz CT molecular complexity index is 971. The molecule has 8 nitrogen and oxygen atoms in total. The number of halogens is 1. The van der Waals surface area contributed by atoms with E-state index in [4.69, 9.17) is 20.9 Å². The largest absolute Gasteiger partial charge is 0.474 e. The second-order valence-corrected chi connectivity index (χ2v) is 8.14. The first-order valence-corrected chi connectivity index (χ1v) is 10.4. The number of thioether (sulfide) groups is 1. The maximum absolute atomic E-state index is 14.6. The lowest BCUT2D eigenvalue weighted by molar-refractivity contribution is 0.0988. The molecular formula is C20H24FN5O3S. The molecule has 0 amide bonds. The van der Waals surface area contributed by atoms with Gasteiger partial charge in [0, 0.05) is 24.8 Å². The van der Waals surface area contributed by atoms with Crippen LogP contribution in [0.1, 0.15) is 35.0 Å². The van der Waals surface area contributed by atoms with E-state index in [1.54, 1.807) is 19.2 Å². The van der Waals surface area contributed by atoms with Crippen molar-refractivity contribution in [1.29, 1.82) is 0 Å². The number of anilines is 1. The van der Waals surface area contributed by atoms with Crippen LogP contribution in [-0.2, 0) is 16.7 Å². The van der Waals surface area contributed by atoms with Crippen molar-refractivity contribution in [1.82, 2.24) is 9.97 Å². The minimum atomic E-state index is -0.765. The van der Waals surface area contributed by atoms with E-state index in [-0.39, 0.29) is 35.4 Å². The van der Waals surface area contributed by atoms with Crippen molar-refractivity contribution in [2.75, 3.05) is 31.8 Å². The van der Waals surface area contributed by atoms with Crippen LogP contribution in [0.5, 0.6) is 5.88 Å². The molecule has 2 aromatic rings. The van der Waals surface area contributed by atoms with E-state index < -0.39 is 5.54 Å². The van der Waals surface area contributed by atoms with E-state index in [2.05, 4.69) is 15.0 Å². The summed E-state index contributed by atoms with van der Waals surface area (Å²) < 4.78 is 24.8. The summed E-state index contributed by atoms with van der Waals surface area (Å²) in [5.41, 5.74) is 12.1. The average Bonchev–Trinajstić information content (AvgIpc) is 2.69. The third-order valence-electron chi connectivity index (χ3n) is 4.75. The van der Waals surface area contributed by atoms with Crippen LogP contribution < -0.4 is 16.2 Å². The number of nitrogen functional groups attached to an aromatic ring is 1. The number of ketones is 1. The Morgan fingerprint density at radius 3 is 2.83 bits per heavy atom. The highest BCUT2D eigenvalue weighted by Crippen LogP contribution is 2.36. The zero-order valence-electron chi connectivity index (χ0n) is 16.9. The predicted molar refractivity (Wildman–Crippen MR) is 114 cm³/mol. The van der Waals surface area contributed by atoms with Crippen molar-refractivity contribution >= 4 is 28.5 Å². The molecular weight excluding hydrogens is 409 g/mol. The molecule has 1 atom stereocenters. The number of amidine groups is 1. The minimum Gasteiger partial charge on any atom is -0.474 e. The average molecular weight is 434 g/mol. The van der Waals surface area contributed by atoms with Gasteiger partial charge >= 0.3 is 0 Å². The maximum atomic E-state index is 14.6. The van der Waals surface area contributed by atoms with Gasteiger partial charge in [0.05, 0.1) is 18.3 Å². The second-order valence-electron chi connectivity index (χ2n) is 7.02. The lowest BCUT2D eigenvalue weighted by Gasteiger charge is -2.30. The number of hydrogen-bond donors (Lipinski definition) is 2. The first-order chi connectivity index (χ1) is 14.3. The number of ether oxygens (including phenoxy) is 2. The highest BCUT2D eigenvalue weighted by Gasteiger charge is 2.32. The molecule has 0 bridgehead atoms. The van der Waals surface area contributed by atoms with Gasteiger partial charge in [0.1, 0.15) is 18.1 Å². The summed E-state index contributed by atoms with van der Waals surface area (Å²) in [7, 11) is 1.56. The number of hydrogen-bond acceptors (Lipinski definition) is 9. The molecule has 0 saturated heterocycles. The maximum Gasteiger partial charge on any atom is 0.234 e. The smallest absolute Gasteiger partial charge is 0.234 e. The van der Waals surface area contributed by atoms with E-state index >= 15 is 0 Å². The fourth-order valence-electron chi connectivity index (χ4n) is 3.15. The zero-order valence-corrected chi connectivity index (χ0v) is 17.7. The van der Waals surface area contributed by atoms with Crippen LogP contribution in [0, 0.1) is 5.82 Å². The molecule has 0 spiro atoms. The van der Waals surface area contributed by atoms with Crippen molar-refractivity contribution in [2.45, 2.75) is 25.3 Å². The van der Waals surface area contributed by atoms with Crippen molar-refractivity contribution in [3.05, 3.63) is 47.0 Å². The molecule has 0 unspecified atom stereocenters. The molecule has 160 valence electrons. The van der Waals surface area contributed by atoms with Crippen LogP contribution in [0.25, 0.3) is 0 Å². The standard InChI is InChI=1S/C20H24FN5O3S/c1-20(5-8-30-19(23)26-20)13-9-12(3-4-14(13)21)10-15(27)17-18(22)25-16(11-24-17)29-7-6-28-2/h3-4,9,11H,5-8,10H2,1-2H3,(H2,22,25)(H2,23,26)/t20-/m0/s1. The molecule has 4 N–H and O–H groups in total. The summed E-state index contributed by atoms with van der Waals surface area (Å²) in [5.74, 6) is 0.233. The molecule has 2 heterocycles. The van der Waals surface area contributed by atoms with Crippen LogP contribution in [-0.4, -0.2) is 47.0 Å². The van der Waals surface area contributed by atoms with E-state index in [1.165, 1.54) is 24.0 Å². The minimum absolute atomic E-state index is 0.0000644. The van der Waals surface area contributed by atoms with Crippen LogP contribution in [0.2, 0.25) is 0 Å². The first kappa shape index (κ1) is 22.0. The molecule has 0 radical (unpaired) electrons. The molecule has 10 heteroatoms. The van der Waals surface area contributed by atoms with Gasteiger partial charge < -0.3 is 20.9 Å². The quantitative estimate of drug-likeness (QED) is 0.480. The summed E-state index contributed by atoms with van der Waals surface area (Å²) in [6, 6.07) is 4.57. The van der Waals surface area contributed by atoms with Crippen LogP contribution in [0.4, 0.5) is 10.2 Å². The number of aromatic nitrogens is 2. The van der Waals surface area contributed by atoms with Crippen molar-refractivity contribution in [3.63, 3.8) is 0 Å². The van der Waals surface area contributed by atoms with Gasteiger partial charge in [-0.25, -0.2) is 9.37 Å². The highest BCUT2D eigenvalue weighted by molar-refractivity contribution is 8.13. The fraction of sp³-hybridized carbons (Fsp3) is 0.400. The third-order valence-corrected chi connectivity index (χ3v) is 5.55. The predicted octanol–water partition coefficient (Wildman–Crippen LogP) is 2.32. The van der Waals surface area contributed by atoms with Crippen molar-refractivity contribution in [3.8, 4) is 5.88 Å². The Balaban J connectivity index is 1.78. The molecule has 1 aromatic heterocycles. The molecule has 30 heavy (non-hydrogen) atoms. The monoisotopic (exact) mass is 433 g/mol. The lowest BCUT2D eigenvalue weighted by atomic mass is 9.87. The van der Waals surface area contributed by atoms with Gasteiger partial charge in [0.2, 0.25) is 5.88 Å². The second kappa shape index (κ2) is 9.40. The van der Waals surface area contributed by atoms with Gasteiger partial charge in [-0.15, -0.1) is 0 Å². The van der Waals surface area contributed by atoms with Crippen molar-refractivity contribution < 1.29 is 18.7 Å². The van der Waals surface area contributed by atoms with Gasteiger partial charge in [0.15, 0.2) is 16.8 Å². The summed E-state index contributed by atoms with van der Waals surface area (Å²) in [5, 5.41) is 0.431. The van der Waals surface area contributed by atoms with Crippen LogP contribution in [0.15, 0.2) is 29.4 Å². The van der Waals surface area contributed by atoms with Gasteiger partial charge in [-0.05, 0) is 31.0 Å². The number of aliphatic imine (C=N–C) groups is 1. The summed E-state index contributed by atoms with van der Waals surface area (Å²) in [6.07, 6.45) is 1.99. The summed E-state index contributed by atoms with van der Waals surface area (Å²) in [4.78, 5) is 25.3. The fourth-order valence-corrected chi connectivity index (χ4v) is 4.12. The number of Topliss-reactive ketones (excluding diaryl/α,β-unsaturated/α-hetero) is 1. The van der Waals surface area contributed by atoms with Gasteiger partial charge in [-0.1, -0.05) is 17.8 Å². The Morgan fingerprint density at radius 1 is 1.33 bits per heavy atom. The molecule has 1 aliphatic rings. The first-order valence-electron chi connectivity index (χ1n) is 9.37. The Kier molecular flexibility index (Phi) is 6.88. The van der Waals surface area contributed by atoms with Crippen molar-refractivity contribution in [2.24, 2.45) is 10.7 Å². The molecule has 3 rings (SSSR count). The number of nitrogens with two attached hydrogens (primary N) is 2. The van der Waals surface area contributed by atoms with E-state index in [0.717, 1.165) is 5.75 Å². The van der Waals surface area contributed by atoms with Crippen LogP contribution in [0.3, 0.4) is 0 Å². The molecule has 0 fully saturated rings. The zero-order chi connectivity index (χ0) is 21.7. The van der Waals surface area contributed by atoms with Crippen LogP contribution >= 0.6 is 11.8 Å². The summed E-state index contributed by atoms with van der Waals surface area (Å²) >= 11 is 1.45. The summed E-state index contributed by atoms with van der Waals surface area (Å²) in [6.45, 7) is 2.53. The third kappa shape index (κ3) is 5.06. The molecule has 0 aliphatic carbocycles. The molecule has 1 aromatic carbocycles. The van der Waals surface area contributed by atoms with Gasteiger partial charge in [0.25, 0.3) is 0 Å².